The van der Waals surface area contributed by atoms with Crippen LogP contribution in [0.25, 0.3) is 21.8 Å². The van der Waals surface area contributed by atoms with Crippen molar-refractivity contribution in [1.29, 1.82) is 0 Å². The predicted molar refractivity (Wildman–Crippen MR) is 114 cm³/mol. The van der Waals surface area contributed by atoms with Gasteiger partial charge in [0.05, 0.1) is 41.1 Å². The molecule has 0 atom stereocenters. The van der Waals surface area contributed by atoms with Crippen molar-refractivity contribution in [1.82, 2.24) is 9.97 Å². The van der Waals surface area contributed by atoms with Crippen molar-refractivity contribution >= 4 is 44.9 Å². The number of pyridine rings is 2. The standard InChI is InChI=1S/C20H14N4O6S/c1-29-11-8-13-17(5-7-22-19(13)14(9-11)23(25)26)31-20-12-4-3-6-21-18(12)15(24(27)28)10-16(20)30-2/h3-10H,1-2H3. The van der Waals surface area contributed by atoms with Crippen molar-refractivity contribution in [3.05, 3.63) is 69.0 Å². The van der Waals surface area contributed by atoms with E-state index in [1.807, 2.05) is 0 Å². The van der Waals surface area contributed by atoms with Gasteiger partial charge in [0.2, 0.25) is 0 Å². The van der Waals surface area contributed by atoms with Crippen LogP contribution < -0.4 is 9.47 Å². The van der Waals surface area contributed by atoms with E-state index in [9.17, 15) is 20.2 Å². The van der Waals surface area contributed by atoms with Crippen LogP contribution in [0.2, 0.25) is 0 Å². The highest BCUT2D eigenvalue weighted by molar-refractivity contribution is 8.00. The van der Waals surface area contributed by atoms with E-state index in [1.165, 1.54) is 50.5 Å². The van der Waals surface area contributed by atoms with Gasteiger partial charge in [-0.1, -0.05) is 11.8 Å². The zero-order valence-corrected chi connectivity index (χ0v) is 17.1. The molecule has 10 nitrogen and oxygen atoms in total. The quantitative estimate of drug-likeness (QED) is 0.308. The maximum Gasteiger partial charge on any atom is 0.299 e. The Kier molecular flexibility index (Phi) is 5.26. The molecule has 0 fully saturated rings. The maximum atomic E-state index is 11.5. The van der Waals surface area contributed by atoms with Gasteiger partial charge in [-0.2, -0.15) is 0 Å². The molecule has 2 heterocycles. The molecule has 0 radical (unpaired) electrons. The Labute approximate surface area is 179 Å². The molecule has 4 aromatic rings. The number of hydrogen-bond donors (Lipinski definition) is 0. The van der Waals surface area contributed by atoms with Gasteiger partial charge in [0.1, 0.15) is 22.5 Å². The number of rotatable bonds is 6. The van der Waals surface area contributed by atoms with Crippen molar-refractivity contribution in [3.8, 4) is 11.5 Å². The Morgan fingerprint density at radius 3 is 2.23 bits per heavy atom. The van der Waals surface area contributed by atoms with Crippen LogP contribution in [-0.4, -0.2) is 34.0 Å². The van der Waals surface area contributed by atoms with Gasteiger partial charge in [0, 0.05) is 28.1 Å². The third-order valence-electron chi connectivity index (χ3n) is 4.61. The van der Waals surface area contributed by atoms with Crippen LogP contribution in [0.4, 0.5) is 11.4 Å². The van der Waals surface area contributed by atoms with Crippen LogP contribution >= 0.6 is 11.8 Å². The molecule has 0 spiro atoms. The van der Waals surface area contributed by atoms with Crippen LogP contribution in [0.5, 0.6) is 11.5 Å². The van der Waals surface area contributed by atoms with Gasteiger partial charge in [0.15, 0.2) is 0 Å². The number of nitrogens with zero attached hydrogens (tertiary/aromatic N) is 4. The molecule has 0 aliphatic carbocycles. The largest absolute Gasteiger partial charge is 0.496 e. The molecule has 0 saturated heterocycles. The first-order valence-corrected chi connectivity index (χ1v) is 9.65. The number of ether oxygens (including phenoxy) is 2. The van der Waals surface area contributed by atoms with Gasteiger partial charge >= 0.3 is 0 Å². The van der Waals surface area contributed by atoms with Gasteiger partial charge in [0.25, 0.3) is 11.4 Å². The zero-order valence-electron chi connectivity index (χ0n) is 16.3. The van der Waals surface area contributed by atoms with Crippen molar-refractivity contribution in [2.45, 2.75) is 9.79 Å². The van der Waals surface area contributed by atoms with E-state index < -0.39 is 9.85 Å². The Balaban J connectivity index is 1.98. The predicted octanol–water partition coefficient (Wildman–Crippen LogP) is 4.77. The smallest absolute Gasteiger partial charge is 0.299 e. The molecule has 2 aromatic heterocycles. The molecule has 11 heteroatoms. The van der Waals surface area contributed by atoms with Crippen LogP contribution in [-0.2, 0) is 0 Å². The van der Waals surface area contributed by atoms with Gasteiger partial charge < -0.3 is 9.47 Å². The second kappa shape index (κ2) is 8.03. The van der Waals surface area contributed by atoms with Gasteiger partial charge in [-0.3, -0.25) is 20.2 Å². The summed E-state index contributed by atoms with van der Waals surface area (Å²) in [6, 6.07) is 9.40. The van der Waals surface area contributed by atoms with Crippen molar-refractivity contribution in [2.24, 2.45) is 0 Å². The SMILES string of the molecule is COc1cc([N+](=O)[O-])c2nccc(Sc3c(OC)cc([N+](=O)[O-])c4ncccc34)c2c1. The number of nitro groups is 2. The number of nitro benzene ring substituents is 2. The van der Waals surface area contributed by atoms with Crippen LogP contribution in [0.3, 0.4) is 0 Å². The number of benzene rings is 2. The first-order chi connectivity index (χ1) is 14.9. The summed E-state index contributed by atoms with van der Waals surface area (Å²) < 4.78 is 10.7. The van der Waals surface area contributed by atoms with E-state index in [2.05, 4.69) is 9.97 Å². The number of non-ortho nitro benzene ring substituents is 2. The topological polar surface area (TPSA) is 131 Å². The van der Waals surface area contributed by atoms with Gasteiger partial charge in [-0.05, 0) is 24.3 Å². The lowest BCUT2D eigenvalue weighted by molar-refractivity contribution is -0.383. The Morgan fingerprint density at radius 1 is 0.871 bits per heavy atom. The molecule has 0 amide bonds. The average Bonchev–Trinajstić information content (AvgIpc) is 2.78. The monoisotopic (exact) mass is 438 g/mol. The van der Waals surface area contributed by atoms with Crippen molar-refractivity contribution in [3.63, 3.8) is 0 Å². The molecule has 0 N–H and O–H groups in total. The van der Waals surface area contributed by atoms with E-state index in [0.29, 0.717) is 32.1 Å². The van der Waals surface area contributed by atoms with Crippen LogP contribution in [0.15, 0.2) is 58.6 Å². The van der Waals surface area contributed by atoms with Crippen LogP contribution in [0.1, 0.15) is 0 Å². The normalized spacial score (nSPS) is 10.9. The second-order valence-electron chi connectivity index (χ2n) is 6.29. The summed E-state index contributed by atoms with van der Waals surface area (Å²) >= 11 is 1.25. The molecule has 0 aliphatic heterocycles. The third kappa shape index (κ3) is 3.55. The fraction of sp³-hybridized carbons (Fsp3) is 0.100. The highest BCUT2D eigenvalue weighted by Crippen LogP contribution is 2.46. The van der Waals surface area contributed by atoms with E-state index in [4.69, 9.17) is 9.47 Å². The molecule has 0 saturated carbocycles. The third-order valence-corrected chi connectivity index (χ3v) is 5.81. The number of methoxy groups -OCH3 is 2. The molecule has 0 bridgehead atoms. The lowest BCUT2D eigenvalue weighted by Gasteiger charge is -2.13. The van der Waals surface area contributed by atoms with Gasteiger partial charge in [-0.25, -0.2) is 9.97 Å². The van der Waals surface area contributed by atoms with E-state index >= 15 is 0 Å². The van der Waals surface area contributed by atoms with E-state index in [1.54, 1.807) is 24.3 Å². The molecule has 156 valence electrons. The summed E-state index contributed by atoms with van der Waals surface area (Å²) in [6.07, 6.45) is 2.95. The number of fused-ring (bicyclic) bond motifs is 2. The summed E-state index contributed by atoms with van der Waals surface area (Å²) in [6.45, 7) is 0. The first kappa shape index (κ1) is 20.3. The summed E-state index contributed by atoms with van der Waals surface area (Å²) in [4.78, 5) is 31.6. The van der Waals surface area contributed by atoms with Crippen molar-refractivity contribution in [2.75, 3.05) is 14.2 Å². The minimum Gasteiger partial charge on any atom is -0.496 e. The Morgan fingerprint density at radius 2 is 1.55 bits per heavy atom. The average molecular weight is 438 g/mol. The first-order valence-electron chi connectivity index (χ1n) is 8.83. The van der Waals surface area contributed by atoms with Crippen LogP contribution in [0, 0.1) is 20.2 Å². The Bertz CT molecular complexity index is 1360. The molecule has 0 aliphatic rings. The second-order valence-corrected chi connectivity index (χ2v) is 7.35. The highest BCUT2D eigenvalue weighted by atomic mass is 32.2. The zero-order chi connectivity index (χ0) is 22.1. The molecule has 31 heavy (non-hydrogen) atoms. The number of hydrogen-bond acceptors (Lipinski definition) is 9. The summed E-state index contributed by atoms with van der Waals surface area (Å²) in [5.74, 6) is 0.607. The summed E-state index contributed by atoms with van der Waals surface area (Å²) in [5, 5.41) is 24.1. The van der Waals surface area contributed by atoms with Gasteiger partial charge in [-0.15, -0.1) is 0 Å². The fourth-order valence-corrected chi connectivity index (χ4v) is 4.35. The van der Waals surface area contributed by atoms with E-state index in [0.717, 1.165) is 0 Å². The summed E-state index contributed by atoms with van der Waals surface area (Å²) in [7, 11) is 2.84. The molecule has 0 unspecified atom stereocenters. The molecule has 4 rings (SSSR count). The minimum absolute atomic E-state index is 0.173. The molecular weight excluding hydrogens is 424 g/mol. The Hall–Kier alpha value is -3.99. The van der Waals surface area contributed by atoms with Crippen molar-refractivity contribution < 1.29 is 19.3 Å². The minimum atomic E-state index is -0.516. The lowest BCUT2D eigenvalue weighted by Crippen LogP contribution is -1.97. The summed E-state index contributed by atoms with van der Waals surface area (Å²) in [5.41, 5.74) is 0.0736. The number of aromatic nitrogens is 2. The lowest BCUT2D eigenvalue weighted by atomic mass is 10.1. The van der Waals surface area contributed by atoms with E-state index in [-0.39, 0.29) is 22.4 Å². The molecular formula is C20H14N4O6S. The highest BCUT2D eigenvalue weighted by Gasteiger charge is 2.23. The molecule has 2 aromatic carbocycles. The fourth-order valence-electron chi connectivity index (χ4n) is 3.22. The maximum absolute atomic E-state index is 11.5.